The Morgan fingerprint density at radius 2 is 2.15 bits per heavy atom. The molecule has 0 saturated carbocycles. The number of ketones is 1. The first-order valence-electron chi connectivity index (χ1n) is 8.47. The molecule has 136 valence electrons. The largest absolute Gasteiger partial charge is 0.321 e. The number of carbonyl (C=O) groups excluding carboxylic acids is 1. The average molecular weight is 371 g/mol. The molecule has 0 spiro atoms. The van der Waals surface area contributed by atoms with Crippen LogP contribution in [0.5, 0.6) is 0 Å². The number of hydrogen-bond acceptors (Lipinski definition) is 7. The molecule has 0 unspecified atom stereocenters. The Labute approximate surface area is 156 Å². The van der Waals surface area contributed by atoms with Gasteiger partial charge in [0, 0.05) is 12.1 Å². The summed E-state index contributed by atoms with van der Waals surface area (Å²) in [6, 6.07) is 9.26. The molecule has 0 radical (unpaired) electrons. The van der Waals surface area contributed by atoms with Crippen molar-refractivity contribution in [2.45, 2.75) is 20.1 Å². The molecule has 2 heterocycles. The van der Waals surface area contributed by atoms with E-state index in [1.807, 2.05) is 49.1 Å². The lowest BCUT2D eigenvalue weighted by Gasteiger charge is -2.37. The molecule has 3 rings (SSSR count). The number of carbonyl (C=O) groups is 1. The van der Waals surface area contributed by atoms with Crippen molar-refractivity contribution in [1.29, 1.82) is 0 Å². The summed E-state index contributed by atoms with van der Waals surface area (Å²) >= 11 is 1.41. The maximum atomic E-state index is 12.4. The first-order valence-corrected chi connectivity index (χ1v) is 9.45. The van der Waals surface area contributed by atoms with Gasteiger partial charge < -0.3 is 5.32 Å². The summed E-state index contributed by atoms with van der Waals surface area (Å²) in [7, 11) is 0. The standard InChI is InChI=1S/C17H21N7OS/c1-3-18-15-21-16(19-4-2)24-14(10-20-23-17(24)22-15)26-11-13(25)12-8-6-5-7-9-12/h5-10,16,19H,3-4,11H2,1-2H3,(H,18,21)/t16-/m1/s1. The van der Waals surface area contributed by atoms with Gasteiger partial charge in [-0.1, -0.05) is 49.0 Å². The molecule has 0 amide bonds. The highest BCUT2D eigenvalue weighted by molar-refractivity contribution is 8.03. The third-order valence-electron chi connectivity index (χ3n) is 3.65. The molecule has 8 nitrogen and oxygen atoms in total. The summed E-state index contributed by atoms with van der Waals surface area (Å²) in [4.78, 5) is 23.0. The minimum atomic E-state index is -0.248. The van der Waals surface area contributed by atoms with Crippen LogP contribution >= 0.6 is 11.8 Å². The van der Waals surface area contributed by atoms with Crippen LogP contribution in [0.25, 0.3) is 0 Å². The fourth-order valence-corrected chi connectivity index (χ4v) is 3.39. The van der Waals surface area contributed by atoms with E-state index in [4.69, 9.17) is 0 Å². The van der Waals surface area contributed by atoms with Crippen molar-refractivity contribution in [3.8, 4) is 0 Å². The van der Waals surface area contributed by atoms with Gasteiger partial charge in [-0.15, -0.1) is 5.11 Å². The first kappa shape index (κ1) is 18.3. The molecule has 0 saturated heterocycles. The lowest BCUT2D eigenvalue weighted by Crippen LogP contribution is -2.60. The number of benzene rings is 1. The van der Waals surface area contributed by atoms with Crippen molar-refractivity contribution >= 4 is 29.5 Å². The molecule has 0 aromatic heterocycles. The molecule has 0 bridgehead atoms. The summed E-state index contributed by atoms with van der Waals surface area (Å²) in [5.41, 5.74) is 0.698. The van der Waals surface area contributed by atoms with Gasteiger partial charge in [0.25, 0.3) is 5.96 Å². The third-order valence-corrected chi connectivity index (χ3v) is 4.65. The molecule has 0 fully saturated rings. The topological polar surface area (TPSA) is 93.8 Å². The Bertz CT molecular complexity index is 773. The van der Waals surface area contributed by atoms with Crippen LogP contribution in [-0.4, -0.2) is 47.7 Å². The lowest BCUT2D eigenvalue weighted by atomic mass is 10.2. The van der Waals surface area contributed by atoms with E-state index in [1.165, 1.54) is 11.8 Å². The van der Waals surface area contributed by atoms with Gasteiger partial charge in [-0.25, -0.2) is 0 Å². The summed E-state index contributed by atoms with van der Waals surface area (Å²) in [6.07, 6.45) is 1.40. The minimum Gasteiger partial charge on any atom is -0.321 e. The fourth-order valence-electron chi connectivity index (χ4n) is 2.49. The first-order chi connectivity index (χ1) is 12.7. The van der Waals surface area contributed by atoms with Crippen molar-refractivity contribution in [2.24, 2.45) is 20.2 Å². The van der Waals surface area contributed by atoms with Gasteiger partial charge in [0.05, 0.1) is 12.0 Å². The normalized spacial score (nSPS) is 20.3. The molecular weight excluding hydrogens is 350 g/mol. The number of hydrogen-bond donors (Lipinski definition) is 2. The summed E-state index contributed by atoms with van der Waals surface area (Å²) in [5, 5.41) is 15.5. The predicted molar refractivity (Wildman–Crippen MR) is 104 cm³/mol. The Kier molecular flexibility index (Phi) is 6.13. The molecule has 2 N–H and O–H groups in total. The van der Waals surface area contributed by atoms with Crippen molar-refractivity contribution < 1.29 is 4.79 Å². The molecule has 2 aliphatic heterocycles. The Hall–Kier alpha value is -2.52. The zero-order valence-electron chi connectivity index (χ0n) is 14.7. The Morgan fingerprint density at radius 1 is 1.35 bits per heavy atom. The lowest BCUT2D eigenvalue weighted by molar-refractivity contribution is 0.102. The van der Waals surface area contributed by atoms with E-state index in [1.54, 1.807) is 6.20 Å². The molecular formula is C17H21N7OS. The number of nitrogens with one attached hydrogen (secondary N) is 2. The van der Waals surface area contributed by atoms with Crippen LogP contribution in [0, 0.1) is 0 Å². The summed E-state index contributed by atoms with van der Waals surface area (Å²) in [5.74, 6) is 1.36. The number of fused-ring (bicyclic) bond motifs is 1. The zero-order valence-corrected chi connectivity index (χ0v) is 15.5. The fraction of sp³-hybridized carbons (Fsp3) is 0.353. The Balaban J connectivity index is 1.76. The number of azo groups is 1. The van der Waals surface area contributed by atoms with Crippen LogP contribution in [0.1, 0.15) is 24.2 Å². The molecule has 9 heteroatoms. The molecule has 2 aliphatic rings. The van der Waals surface area contributed by atoms with Crippen molar-refractivity contribution in [1.82, 2.24) is 15.5 Å². The van der Waals surface area contributed by atoms with Crippen molar-refractivity contribution in [3.63, 3.8) is 0 Å². The second kappa shape index (κ2) is 8.72. The average Bonchev–Trinajstić information content (AvgIpc) is 2.67. The maximum Gasteiger partial charge on any atom is 0.256 e. The van der Waals surface area contributed by atoms with Crippen molar-refractivity contribution in [2.75, 3.05) is 18.8 Å². The van der Waals surface area contributed by atoms with Crippen LogP contribution < -0.4 is 10.6 Å². The predicted octanol–water partition coefficient (Wildman–Crippen LogP) is 2.40. The van der Waals surface area contributed by atoms with Gasteiger partial charge >= 0.3 is 0 Å². The van der Waals surface area contributed by atoms with Crippen LogP contribution in [0.15, 0.2) is 61.8 Å². The SMILES string of the molecule is CCN=C1N=C2N=NC=C(SCC(=O)c3ccccc3)N2[C@H](NCC)N1. The Morgan fingerprint density at radius 3 is 2.88 bits per heavy atom. The third kappa shape index (κ3) is 4.17. The van der Waals surface area contributed by atoms with Crippen LogP contribution in [0.2, 0.25) is 0 Å². The van der Waals surface area contributed by atoms with E-state index in [9.17, 15) is 4.79 Å². The van der Waals surface area contributed by atoms with E-state index < -0.39 is 0 Å². The second-order valence-electron chi connectivity index (χ2n) is 5.44. The number of Topliss-reactive ketones (excluding diaryl/α,β-unsaturated/α-hetero) is 1. The number of rotatable bonds is 7. The highest BCUT2D eigenvalue weighted by Gasteiger charge is 2.32. The van der Waals surface area contributed by atoms with Gasteiger partial charge in [0.2, 0.25) is 5.96 Å². The van der Waals surface area contributed by atoms with E-state index >= 15 is 0 Å². The van der Waals surface area contributed by atoms with Gasteiger partial charge in [-0.3, -0.25) is 20.0 Å². The van der Waals surface area contributed by atoms with Crippen LogP contribution in [-0.2, 0) is 0 Å². The second-order valence-corrected chi connectivity index (χ2v) is 6.44. The number of guanidine groups is 2. The number of thioether (sulfide) groups is 1. The van der Waals surface area contributed by atoms with Gasteiger partial charge in [0.15, 0.2) is 12.1 Å². The summed E-state index contributed by atoms with van der Waals surface area (Å²) < 4.78 is 0. The molecule has 26 heavy (non-hydrogen) atoms. The van der Waals surface area contributed by atoms with Crippen LogP contribution in [0.3, 0.4) is 0 Å². The van der Waals surface area contributed by atoms with Crippen molar-refractivity contribution in [3.05, 3.63) is 47.1 Å². The number of nitrogens with zero attached hydrogens (tertiary/aromatic N) is 5. The number of aliphatic imine (C=N–C) groups is 2. The molecule has 1 atom stereocenters. The van der Waals surface area contributed by atoms with E-state index in [-0.39, 0.29) is 12.1 Å². The highest BCUT2D eigenvalue weighted by Crippen LogP contribution is 2.28. The molecule has 1 aromatic carbocycles. The molecule has 0 aliphatic carbocycles. The van der Waals surface area contributed by atoms with Gasteiger partial charge in [0.1, 0.15) is 5.03 Å². The van der Waals surface area contributed by atoms with Gasteiger partial charge in [-0.05, 0) is 13.5 Å². The summed E-state index contributed by atoms with van der Waals surface area (Å²) in [6.45, 7) is 5.34. The van der Waals surface area contributed by atoms with Gasteiger partial charge in [-0.2, -0.15) is 10.1 Å². The minimum absolute atomic E-state index is 0.0655. The maximum absolute atomic E-state index is 12.4. The zero-order chi connectivity index (χ0) is 18.4. The smallest absolute Gasteiger partial charge is 0.256 e. The quantitative estimate of drug-likeness (QED) is 0.718. The van der Waals surface area contributed by atoms with E-state index in [0.29, 0.717) is 29.8 Å². The monoisotopic (exact) mass is 371 g/mol. The molecule has 1 aromatic rings. The van der Waals surface area contributed by atoms with Crippen LogP contribution in [0.4, 0.5) is 0 Å². The van der Waals surface area contributed by atoms with E-state index in [2.05, 4.69) is 30.8 Å². The highest BCUT2D eigenvalue weighted by atomic mass is 32.2. The van der Waals surface area contributed by atoms with E-state index in [0.717, 1.165) is 11.6 Å².